The van der Waals surface area contributed by atoms with E-state index in [1.165, 1.54) is 54.8 Å². The Morgan fingerprint density at radius 1 is 0.573 bits per heavy atom. The van der Waals surface area contributed by atoms with Gasteiger partial charge in [-0.2, -0.15) is 13.2 Å². The van der Waals surface area contributed by atoms with E-state index >= 15 is 23.6 Å². The van der Waals surface area contributed by atoms with Gasteiger partial charge < -0.3 is 55.6 Å². The van der Waals surface area contributed by atoms with Gasteiger partial charge in [0.1, 0.15) is 48.0 Å². The van der Waals surface area contributed by atoms with Crippen molar-refractivity contribution in [3.8, 4) is 0 Å². The van der Waals surface area contributed by atoms with Gasteiger partial charge in [0, 0.05) is 67.2 Å². The smallest absolute Gasteiger partial charge is 0.354 e. The van der Waals surface area contributed by atoms with Crippen LogP contribution in [0.5, 0.6) is 0 Å². The number of hydrogen-bond acceptors (Lipinski definition) is 11. The van der Waals surface area contributed by atoms with Crippen molar-refractivity contribution in [2.24, 2.45) is 35.5 Å². The van der Waals surface area contributed by atoms with E-state index in [0.29, 0.717) is 57.8 Å². The van der Waals surface area contributed by atoms with Crippen molar-refractivity contribution in [1.29, 1.82) is 0 Å². The SMILES string of the molecule is CC[C@H](C)[C@@H]1NC(=O)CCNC(=O)[C@H](CC2CCCC(F)C2)N(C)C(=O)[C@H](C2CCCCC2)N(C)C(=O)C2(CCCC2)NC(=O)[C@@H]2CCCN2C(=O)[C@H](CCC2CCC(C(F)(F)F)C(Cl)C2)NC(=O)CN(C)C(=O)[C@H](CC2CCCCC2)N(C)C(=O)CN(C)C(=O)CN(C)C1=O. The van der Waals surface area contributed by atoms with E-state index in [1.807, 2.05) is 6.92 Å². The topological polar surface area (TPSA) is 259 Å². The highest BCUT2D eigenvalue weighted by Crippen LogP contribution is 2.44. The predicted octanol–water partition coefficient (Wildman–Crippen LogP) is 6.63. The Bertz CT molecular complexity index is 2730. The van der Waals surface area contributed by atoms with Crippen molar-refractivity contribution in [3.05, 3.63) is 0 Å². The molecule has 5 unspecified atom stereocenters. The number of alkyl halides is 5. The lowest BCUT2D eigenvalue weighted by molar-refractivity contribution is -0.182. The fraction of sp³-hybridized carbons (Fsp3) is 0.841. The molecule has 7 rings (SSSR count). The van der Waals surface area contributed by atoms with Crippen LogP contribution in [0.25, 0.3) is 0 Å². The van der Waals surface area contributed by atoms with Gasteiger partial charge in [-0.25, -0.2) is 4.39 Å². The van der Waals surface area contributed by atoms with E-state index in [1.54, 1.807) is 14.0 Å². The first-order valence-corrected chi connectivity index (χ1v) is 36.3. The number of nitrogens with one attached hydrogen (secondary N) is 4. The third-order valence-corrected chi connectivity index (χ3v) is 23.0. The summed E-state index contributed by atoms with van der Waals surface area (Å²) in [6, 6.07) is -6.91. The van der Waals surface area contributed by atoms with E-state index in [4.69, 9.17) is 11.6 Å². The Labute approximate surface area is 570 Å². The van der Waals surface area contributed by atoms with Crippen molar-refractivity contribution in [1.82, 2.24) is 55.6 Å². The summed E-state index contributed by atoms with van der Waals surface area (Å²) in [5, 5.41) is 10.4. The maximum atomic E-state index is 15.6. The molecule has 0 aromatic rings. The zero-order valence-corrected chi connectivity index (χ0v) is 58.9. The van der Waals surface area contributed by atoms with Gasteiger partial charge in [0.25, 0.3) is 0 Å². The summed E-state index contributed by atoms with van der Waals surface area (Å²) in [6.07, 6.45) is 6.88. The normalized spacial score (nSPS) is 31.5. The molecule has 12 atom stereocenters. The van der Waals surface area contributed by atoms with Gasteiger partial charge in [0.15, 0.2) is 0 Å². The maximum absolute atomic E-state index is 15.6. The second kappa shape index (κ2) is 35.3. The number of rotatable bonds is 10. The predicted molar refractivity (Wildman–Crippen MR) is 353 cm³/mol. The van der Waals surface area contributed by atoms with E-state index in [0.717, 1.165) is 66.1 Å². The molecule has 2 saturated heterocycles. The Kier molecular flexibility index (Phi) is 28.5. The molecule has 7 aliphatic rings. The zero-order valence-electron chi connectivity index (χ0n) is 58.1. The molecule has 542 valence electrons. The zero-order chi connectivity index (χ0) is 70.3. The molecule has 5 saturated carbocycles. The first kappa shape index (κ1) is 77.5. The number of nitrogens with zero attached hydrogens (tertiary/aromatic N) is 7. The first-order chi connectivity index (χ1) is 45.4. The molecule has 0 aromatic heterocycles. The molecule has 7 fully saturated rings. The van der Waals surface area contributed by atoms with E-state index < -0.39 is 156 Å². The summed E-state index contributed by atoms with van der Waals surface area (Å²) >= 11 is 6.39. The highest BCUT2D eigenvalue weighted by Gasteiger charge is 2.52. The molecule has 0 radical (unpaired) electrons. The summed E-state index contributed by atoms with van der Waals surface area (Å²) in [7, 11) is 8.69. The summed E-state index contributed by atoms with van der Waals surface area (Å²) in [6.45, 7) is 1.92. The van der Waals surface area contributed by atoms with Gasteiger partial charge in [0.2, 0.25) is 65.0 Å². The third-order valence-electron chi connectivity index (χ3n) is 22.5. The van der Waals surface area contributed by atoms with Gasteiger partial charge in [-0.05, 0) is 126 Å². The second-order valence-corrected chi connectivity index (χ2v) is 30.0. The summed E-state index contributed by atoms with van der Waals surface area (Å²) in [4.78, 5) is 170. The molecule has 1 spiro atoms. The first-order valence-electron chi connectivity index (χ1n) is 35.8. The molecule has 22 nitrogen and oxygen atoms in total. The summed E-state index contributed by atoms with van der Waals surface area (Å²) < 4.78 is 57.0. The van der Waals surface area contributed by atoms with Crippen molar-refractivity contribution < 1.29 is 70.3 Å². The molecule has 27 heteroatoms. The average molecular weight is 1380 g/mol. The van der Waals surface area contributed by atoms with Crippen LogP contribution in [0.2, 0.25) is 0 Å². The largest absolute Gasteiger partial charge is 0.393 e. The minimum absolute atomic E-state index is 0.00678. The lowest BCUT2D eigenvalue weighted by Crippen LogP contribution is -2.65. The minimum Gasteiger partial charge on any atom is -0.354 e. The summed E-state index contributed by atoms with van der Waals surface area (Å²) in [5.74, 6) is -9.70. The molecule has 2 aliphatic heterocycles. The average Bonchev–Trinajstić information content (AvgIpc) is 1.29. The highest BCUT2D eigenvalue weighted by atomic mass is 35.5. The maximum Gasteiger partial charge on any atom is 0.393 e. The lowest BCUT2D eigenvalue weighted by atomic mass is 9.78. The Morgan fingerprint density at radius 2 is 1.20 bits per heavy atom. The quantitative estimate of drug-likeness (QED) is 0.133. The molecule has 0 bridgehead atoms. The van der Waals surface area contributed by atoms with Crippen LogP contribution in [-0.2, 0) is 52.7 Å². The third kappa shape index (κ3) is 20.2. The fourth-order valence-corrected chi connectivity index (χ4v) is 16.9. The van der Waals surface area contributed by atoms with Crippen LogP contribution in [-0.4, -0.2) is 234 Å². The van der Waals surface area contributed by atoms with Crippen molar-refractivity contribution in [2.45, 2.75) is 260 Å². The standard InChI is InChI=1S/C69H110ClF4N11O11/c1-9-43(2)59-65(94)81(5)41-57(88)79(3)42-58(89)82(6)54(38-44-20-12-10-13-21-44)64(93)80(4)40-56(87)76-51(30-28-45-27-29-49(50(70)37-45)69(72,73)74)63(92)85-35-19-26-52(85)62(91)78-68(32-16-17-33-68)67(96)84(8)60(47-23-14-11-15-24-47)66(95)83(7)53(39-46-22-18-25-48(71)36-46)61(90)75-34-31-55(86)77-59/h43-54,59-60H,9-42H2,1-8H3,(H,75,90)(H,76,87)(H,77,86)(H,78,91)/t43-,45?,46?,48?,49?,50?,51-,52-,53-,54-,59-,60-/m0/s1. The van der Waals surface area contributed by atoms with Gasteiger partial charge in [-0.3, -0.25) is 52.7 Å². The molecule has 96 heavy (non-hydrogen) atoms. The molecule has 5 aliphatic carbocycles. The second-order valence-electron chi connectivity index (χ2n) is 29.5. The lowest BCUT2D eigenvalue weighted by Gasteiger charge is -2.43. The Hall–Kier alpha value is -5.82. The van der Waals surface area contributed by atoms with Crippen LogP contribution in [0, 0.1) is 35.5 Å². The molecule has 2 heterocycles. The Morgan fingerprint density at radius 3 is 1.83 bits per heavy atom. The van der Waals surface area contributed by atoms with Gasteiger partial charge >= 0.3 is 6.18 Å². The Balaban J connectivity index is 1.23. The van der Waals surface area contributed by atoms with Crippen molar-refractivity contribution >= 4 is 76.6 Å². The number of likely N-dealkylation sites (N-methyl/N-ethyl adjacent to an activating group) is 6. The van der Waals surface area contributed by atoms with Gasteiger partial charge in [-0.1, -0.05) is 97.3 Å². The molecular formula is C69H110ClF4N11O11. The van der Waals surface area contributed by atoms with E-state index in [2.05, 4.69) is 21.3 Å². The van der Waals surface area contributed by atoms with Crippen LogP contribution in [0.15, 0.2) is 0 Å². The van der Waals surface area contributed by atoms with Crippen LogP contribution < -0.4 is 21.3 Å². The number of amides is 11. The summed E-state index contributed by atoms with van der Waals surface area (Å²) in [5.41, 5.74) is -1.52. The minimum atomic E-state index is -4.50. The highest BCUT2D eigenvalue weighted by molar-refractivity contribution is 6.20. The van der Waals surface area contributed by atoms with Crippen molar-refractivity contribution in [2.75, 3.05) is 75.0 Å². The van der Waals surface area contributed by atoms with Gasteiger partial charge in [0.05, 0.1) is 25.6 Å². The van der Waals surface area contributed by atoms with E-state index in [-0.39, 0.29) is 114 Å². The van der Waals surface area contributed by atoms with Crippen LogP contribution in [0.1, 0.15) is 200 Å². The number of hydrogen-bond donors (Lipinski definition) is 4. The van der Waals surface area contributed by atoms with Crippen LogP contribution >= 0.6 is 11.6 Å². The molecule has 0 aromatic carbocycles. The van der Waals surface area contributed by atoms with Crippen molar-refractivity contribution in [3.63, 3.8) is 0 Å². The molecule has 11 amide bonds. The fourth-order valence-electron chi connectivity index (χ4n) is 16.3. The number of carbonyl (C=O) groups excluding carboxylic acids is 11. The number of fused-ring (bicyclic) bond motifs is 1. The van der Waals surface area contributed by atoms with Gasteiger partial charge in [-0.15, -0.1) is 11.6 Å². The van der Waals surface area contributed by atoms with E-state index in [9.17, 15) is 46.7 Å². The number of halogens is 5. The molecular weight excluding hydrogens is 1270 g/mol. The monoisotopic (exact) mass is 1380 g/mol. The molecule has 4 N–H and O–H groups in total. The number of carbonyl (C=O) groups is 11. The van der Waals surface area contributed by atoms with Crippen LogP contribution in [0.4, 0.5) is 17.6 Å². The van der Waals surface area contributed by atoms with Crippen LogP contribution in [0.3, 0.4) is 0 Å².